The predicted molar refractivity (Wildman–Crippen MR) is 230 cm³/mol. The van der Waals surface area contributed by atoms with Crippen molar-refractivity contribution in [2.45, 2.75) is 33.1 Å². The molecule has 0 bridgehead atoms. The fourth-order valence-electron chi connectivity index (χ4n) is 8.54. The molecular weight excluding hydrogens is 651 g/mol. The number of nitrogens with zero attached hydrogens (tertiary/aromatic N) is 1. The molecule has 8 aromatic rings. The van der Waals surface area contributed by atoms with E-state index < -0.39 is 0 Å². The average Bonchev–Trinajstić information content (AvgIpc) is 3.45. The molecule has 0 atom stereocenters. The summed E-state index contributed by atoms with van der Waals surface area (Å²) in [4.78, 5) is 2.47. The minimum atomic E-state index is -0.0983. The van der Waals surface area contributed by atoms with E-state index in [4.69, 9.17) is 0 Å². The van der Waals surface area contributed by atoms with E-state index in [1.54, 1.807) is 0 Å². The van der Waals surface area contributed by atoms with Crippen LogP contribution in [-0.2, 0) is 5.41 Å². The first-order valence-electron chi connectivity index (χ1n) is 18.9. The van der Waals surface area contributed by atoms with Crippen molar-refractivity contribution in [3.63, 3.8) is 0 Å². The Hall–Kier alpha value is -6.44. The molecule has 0 saturated heterocycles. The van der Waals surface area contributed by atoms with Crippen molar-refractivity contribution in [1.82, 2.24) is 0 Å². The number of benzene rings is 8. The van der Waals surface area contributed by atoms with Crippen LogP contribution in [0, 0.1) is 13.8 Å². The van der Waals surface area contributed by atoms with Crippen LogP contribution in [0.25, 0.3) is 55.6 Å². The Labute approximate surface area is 319 Å². The average molecular weight is 694 g/mol. The summed E-state index contributed by atoms with van der Waals surface area (Å²) in [5, 5.41) is 0. The van der Waals surface area contributed by atoms with Crippen molar-refractivity contribution in [3.8, 4) is 55.6 Å². The summed E-state index contributed by atoms with van der Waals surface area (Å²) in [7, 11) is 0. The summed E-state index contributed by atoms with van der Waals surface area (Å²) in [5.41, 5.74) is 21.0. The van der Waals surface area contributed by atoms with Gasteiger partial charge in [-0.15, -0.1) is 0 Å². The van der Waals surface area contributed by atoms with Gasteiger partial charge in [-0.05, 0) is 146 Å². The highest BCUT2D eigenvalue weighted by atomic mass is 15.1. The minimum absolute atomic E-state index is 0.0983. The van der Waals surface area contributed by atoms with Crippen molar-refractivity contribution in [1.29, 1.82) is 0 Å². The Morgan fingerprint density at radius 2 is 0.741 bits per heavy atom. The second-order valence-corrected chi connectivity index (χ2v) is 15.1. The van der Waals surface area contributed by atoms with Gasteiger partial charge in [-0.25, -0.2) is 0 Å². The van der Waals surface area contributed by atoms with E-state index in [2.05, 4.69) is 221 Å². The van der Waals surface area contributed by atoms with Gasteiger partial charge < -0.3 is 4.90 Å². The van der Waals surface area contributed by atoms with Crippen LogP contribution in [0.1, 0.15) is 36.1 Å². The standard InChI is InChI=1S/C53H43N/c1-36-30-42(45-33-43(39-18-10-6-11-19-39)32-44(34-45)40-20-12-7-13-21-40)31-37(2)52(36)54(46-26-24-41(25-27-46)38-16-8-5-9-17-38)47-28-29-49-48-22-14-15-23-50(48)53(3,4)51(49)35-47/h5-35H,1-4H3. The number of hydrogen-bond donors (Lipinski definition) is 0. The number of aryl methyl sites for hydroxylation is 2. The summed E-state index contributed by atoms with van der Waals surface area (Å²) in [5.74, 6) is 0. The lowest BCUT2D eigenvalue weighted by atomic mass is 9.82. The maximum absolute atomic E-state index is 2.47. The molecule has 0 spiro atoms. The Morgan fingerprint density at radius 3 is 1.30 bits per heavy atom. The molecule has 0 radical (unpaired) electrons. The van der Waals surface area contributed by atoms with Crippen LogP contribution in [0.4, 0.5) is 17.1 Å². The molecule has 0 fully saturated rings. The van der Waals surface area contributed by atoms with Gasteiger partial charge in [0.25, 0.3) is 0 Å². The van der Waals surface area contributed by atoms with Crippen LogP contribution in [0.5, 0.6) is 0 Å². The summed E-state index contributed by atoms with van der Waals surface area (Å²) in [6.45, 7) is 9.25. The maximum Gasteiger partial charge on any atom is 0.0520 e. The second kappa shape index (κ2) is 13.5. The Kier molecular flexibility index (Phi) is 8.36. The zero-order chi connectivity index (χ0) is 36.8. The van der Waals surface area contributed by atoms with Gasteiger partial charge in [0.1, 0.15) is 0 Å². The third-order valence-electron chi connectivity index (χ3n) is 11.3. The molecule has 0 saturated carbocycles. The molecule has 0 aliphatic heterocycles. The van der Waals surface area contributed by atoms with E-state index in [1.165, 1.54) is 89.3 Å². The lowest BCUT2D eigenvalue weighted by Crippen LogP contribution is -2.17. The van der Waals surface area contributed by atoms with Crippen molar-refractivity contribution < 1.29 is 0 Å². The molecule has 0 unspecified atom stereocenters. The van der Waals surface area contributed by atoms with Crippen molar-refractivity contribution in [3.05, 3.63) is 210 Å². The molecule has 1 heteroatoms. The molecule has 8 aromatic carbocycles. The first-order valence-corrected chi connectivity index (χ1v) is 18.9. The van der Waals surface area contributed by atoms with Gasteiger partial charge in [0, 0.05) is 16.8 Å². The Balaban J connectivity index is 1.19. The summed E-state index contributed by atoms with van der Waals surface area (Å²) < 4.78 is 0. The van der Waals surface area contributed by atoms with Gasteiger partial charge in [-0.2, -0.15) is 0 Å². The largest absolute Gasteiger partial charge is 0.310 e. The van der Waals surface area contributed by atoms with Gasteiger partial charge >= 0.3 is 0 Å². The molecule has 1 aliphatic carbocycles. The monoisotopic (exact) mass is 693 g/mol. The molecule has 0 N–H and O–H groups in total. The number of fused-ring (bicyclic) bond motifs is 3. The molecule has 0 heterocycles. The zero-order valence-corrected chi connectivity index (χ0v) is 31.3. The molecule has 0 amide bonds. The molecule has 54 heavy (non-hydrogen) atoms. The topological polar surface area (TPSA) is 3.24 Å². The van der Waals surface area contributed by atoms with E-state index in [-0.39, 0.29) is 5.41 Å². The van der Waals surface area contributed by atoms with Gasteiger partial charge in [0.2, 0.25) is 0 Å². The smallest absolute Gasteiger partial charge is 0.0520 e. The van der Waals surface area contributed by atoms with Gasteiger partial charge in [-0.1, -0.05) is 147 Å². The SMILES string of the molecule is Cc1cc(-c2cc(-c3ccccc3)cc(-c3ccccc3)c2)cc(C)c1N(c1ccc(-c2ccccc2)cc1)c1ccc2c(c1)C(C)(C)c1ccccc1-2. The van der Waals surface area contributed by atoms with Crippen LogP contribution in [0.2, 0.25) is 0 Å². The van der Waals surface area contributed by atoms with Crippen LogP contribution < -0.4 is 4.90 Å². The third kappa shape index (κ3) is 5.93. The highest BCUT2D eigenvalue weighted by Crippen LogP contribution is 2.51. The number of anilines is 3. The summed E-state index contributed by atoms with van der Waals surface area (Å²) in [6.07, 6.45) is 0. The molecule has 9 rings (SSSR count). The van der Waals surface area contributed by atoms with Crippen molar-refractivity contribution >= 4 is 17.1 Å². The van der Waals surface area contributed by atoms with Gasteiger partial charge in [0.05, 0.1) is 5.69 Å². The van der Waals surface area contributed by atoms with Crippen molar-refractivity contribution in [2.24, 2.45) is 0 Å². The van der Waals surface area contributed by atoms with Crippen LogP contribution >= 0.6 is 0 Å². The first-order chi connectivity index (χ1) is 26.3. The van der Waals surface area contributed by atoms with Gasteiger partial charge in [0.15, 0.2) is 0 Å². The minimum Gasteiger partial charge on any atom is -0.310 e. The highest BCUT2D eigenvalue weighted by molar-refractivity contribution is 5.89. The van der Waals surface area contributed by atoms with Crippen LogP contribution in [0.15, 0.2) is 188 Å². The van der Waals surface area contributed by atoms with E-state index in [1.807, 2.05) is 0 Å². The molecular formula is C53H43N. The fourth-order valence-corrected chi connectivity index (χ4v) is 8.54. The number of rotatable bonds is 7. The quantitative estimate of drug-likeness (QED) is 0.161. The fraction of sp³-hybridized carbons (Fsp3) is 0.0943. The van der Waals surface area contributed by atoms with E-state index in [0.717, 1.165) is 5.69 Å². The number of hydrogen-bond acceptors (Lipinski definition) is 1. The normalized spacial score (nSPS) is 12.6. The van der Waals surface area contributed by atoms with Crippen molar-refractivity contribution in [2.75, 3.05) is 4.90 Å². The van der Waals surface area contributed by atoms with Crippen LogP contribution in [0.3, 0.4) is 0 Å². The van der Waals surface area contributed by atoms with E-state index in [9.17, 15) is 0 Å². The lowest BCUT2D eigenvalue weighted by molar-refractivity contribution is 0.660. The summed E-state index contributed by atoms with van der Waals surface area (Å²) >= 11 is 0. The van der Waals surface area contributed by atoms with Gasteiger partial charge in [-0.3, -0.25) is 0 Å². The molecule has 260 valence electrons. The maximum atomic E-state index is 2.47. The molecule has 1 nitrogen and oxygen atoms in total. The lowest BCUT2D eigenvalue weighted by Gasteiger charge is -2.31. The Morgan fingerprint density at radius 1 is 0.333 bits per heavy atom. The Bertz CT molecular complexity index is 2540. The predicted octanol–water partition coefficient (Wildman–Crippen LogP) is 14.7. The zero-order valence-electron chi connectivity index (χ0n) is 31.3. The summed E-state index contributed by atoms with van der Waals surface area (Å²) in [6, 6.07) is 68.8. The highest BCUT2D eigenvalue weighted by Gasteiger charge is 2.36. The molecule has 0 aromatic heterocycles. The van der Waals surface area contributed by atoms with E-state index >= 15 is 0 Å². The third-order valence-corrected chi connectivity index (χ3v) is 11.3. The second-order valence-electron chi connectivity index (χ2n) is 15.1. The van der Waals surface area contributed by atoms with Crippen LogP contribution in [-0.4, -0.2) is 0 Å². The van der Waals surface area contributed by atoms with E-state index in [0.29, 0.717) is 0 Å². The molecule has 1 aliphatic rings. The first kappa shape index (κ1) is 33.4.